The van der Waals surface area contributed by atoms with Gasteiger partial charge in [-0.3, -0.25) is 0 Å². The molecule has 1 aromatic rings. The van der Waals surface area contributed by atoms with Crippen molar-refractivity contribution in [1.29, 1.82) is 0 Å². The summed E-state index contributed by atoms with van der Waals surface area (Å²) in [6, 6.07) is 8.04. The predicted molar refractivity (Wildman–Crippen MR) is 66.3 cm³/mol. The van der Waals surface area contributed by atoms with Crippen LogP contribution in [0.15, 0.2) is 24.3 Å². The smallest absolute Gasteiger partial charge is 0.0409 e. The van der Waals surface area contributed by atoms with E-state index in [9.17, 15) is 0 Å². The Labute approximate surface area is 97.2 Å². The molecule has 0 heterocycles. The van der Waals surface area contributed by atoms with E-state index in [2.05, 4.69) is 23.3 Å². The fraction of sp³-hybridized carbons (Fsp3) is 0.500. The fourth-order valence-corrected chi connectivity index (χ4v) is 1.76. The summed E-state index contributed by atoms with van der Waals surface area (Å²) < 4.78 is 0. The van der Waals surface area contributed by atoms with E-state index in [0.29, 0.717) is 0 Å². The van der Waals surface area contributed by atoms with Gasteiger partial charge < -0.3 is 10.2 Å². The first-order chi connectivity index (χ1) is 7.22. The Hall–Kier alpha value is -0.570. The van der Waals surface area contributed by atoms with E-state index in [-0.39, 0.29) is 0 Å². The lowest BCUT2D eigenvalue weighted by atomic mass is 10.2. The quantitative estimate of drug-likeness (QED) is 0.750. The monoisotopic (exact) mass is 226 g/mol. The van der Waals surface area contributed by atoms with E-state index < -0.39 is 0 Å². The van der Waals surface area contributed by atoms with Crippen LogP contribution in [0.4, 0.5) is 0 Å². The molecule has 84 valence electrons. The Morgan fingerprint density at radius 1 is 1.40 bits per heavy atom. The van der Waals surface area contributed by atoms with Gasteiger partial charge >= 0.3 is 0 Å². The van der Waals surface area contributed by atoms with Crippen molar-refractivity contribution >= 4 is 11.6 Å². The van der Waals surface area contributed by atoms with Crippen LogP contribution in [-0.4, -0.2) is 32.1 Å². The molecule has 1 N–H and O–H groups in total. The third-order valence-electron chi connectivity index (χ3n) is 2.31. The second-order valence-electron chi connectivity index (χ2n) is 3.82. The maximum absolute atomic E-state index is 5.93. The number of rotatable bonds is 6. The molecule has 0 aliphatic rings. The van der Waals surface area contributed by atoms with Crippen molar-refractivity contribution in [2.75, 3.05) is 27.2 Å². The van der Waals surface area contributed by atoms with Crippen LogP contribution in [0.1, 0.15) is 12.0 Å². The van der Waals surface area contributed by atoms with Crippen molar-refractivity contribution in [2.24, 2.45) is 0 Å². The number of hydrogen-bond donors (Lipinski definition) is 1. The van der Waals surface area contributed by atoms with Crippen LogP contribution >= 0.6 is 11.6 Å². The molecule has 1 rings (SSSR count). The zero-order valence-electron chi connectivity index (χ0n) is 9.46. The maximum atomic E-state index is 5.93. The van der Waals surface area contributed by atoms with E-state index in [1.807, 2.05) is 25.2 Å². The molecule has 1 aromatic carbocycles. The van der Waals surface area contributed by atoms with Crippen LogP contribution in [0, 0.1) is 0 Å². The highest BCUT2D eigenvalue weighted by Crippen LogP contribution is 2.11. The van der Waals surface area contributed by atoms with Gasteiger partial charge in [-0.25, -0.2) is 0 Å². The van der Waals surface area contributed by atoms with Gasteiger partial charge in [-0.15, -0.1) is 0 Å². The Morgan fingerprint density at radius 2 is 2.20 bits per heavy atom. The van der Waals surface area contributed by atoms with Crippen LogP contribution in [0.25, 0.3) is 0 Å². The van der Waals surface area contributed by atoms with Crippen LogP contribution in [-0.2, 0) is 6.54 Å². The molecule has 0 aromatic heterocycles. The average molecular weight is 227 g/mol. The minimum Gasteiger partial charge on any atom is -0.320 e. The first kappa shape index (κ1) is 12.5. The summed E-state index contributed by atoms with van der Waals surface area (Å²) in [5.74, 6) is 0. The molecular weight excluding hydrogens is 208 g/mol. The fourth-order valence-electron chi connectivity index (χ4n) is 1.55. The largest absolute Gasteiger partial charge is 0.320 e. The van der Waals surface area contributed by atoms with E-state index in [1.54, 1.807) is 0 Å². The average Bonchev–Trinajstić information content (AvgIpc) is 2.18. The van der Waals surface area contributed by atoms with Crippen molar-refractivity contribution in [3.8, 4) is 0 Å². The summed E-state index contributed by atoms with van der Waals surface area (Å²) in [4.78, 5) is 2.31. The first-order valence-corrected chi connectivity index (χ1v) is 5.68. The lowest BCUT2D eigenvalue weighted by Crippen LogP contribution is -2.22. The van der Waals surface area contributed by atoms with Gasteiger partial charge in [0.1, 0.15) is 0 Å². The van der Waals surface area contributed by atoms with Crippen molar-refractivity contribution in [1.82, 2.24) is 10.2 Å². The molecule has 0 fully saturated rings. The molecular formula is C12H19ClN2. The van der Waals surface area contributed by atoms with Gasteiger partial charge in [0, 0.05) is 11.6 Å². The molecule has 0 atom stereocenters. The van der Waals surface area contributed by atoms with Crippen molar-refractivity contribution in [3.05, 3.63) is 34.9 Å². The molecule has 0 saturated carbocycles. The molecule has 0 radical (unpaired) electrons. The number of benzene rings is 1. The Bertz CT molecular complexity index is 289. The van der Waals surface area contributed by atoms with E-state index in [4.69, 9.17) is 11.6 Å². The summed E-state index contributed by atoms with van der Waals surface area (Å²) in [6.07, 6.45) is 1.17. The van der Waals surface area contributed by atoms with Crippen molar-refractivity contribution in [2.45, 2.75) is 13.0 Å². The lowest BCUT2D eigenvalue weighted by molar-refractivity contribution is 0.321. The molecule has 2 nitrogen and oxygen atoms in total. The Kier molecular flexibility index (Phi) is 5.69. The third-order valence-corrected chi connectivity index (χ3v) is 2.54. The van der Waals surface area contributed by atoms with Gasteiger partial charge in [-0.1, -0.05) is 23.7 Å². The number of hydrogen-bond acceptors (Lipinski definition) is 2. The SMILES string of the molecule is CNCCCN(C)Cc1cccc(Cl)c1. The molecule has 0 spiro atoms. The first-order valence-electron chi connectivity index (χ1n) is 5.30. The highest BCUT2D eigenvalue weighted by molar-refractivity contribution is 6.30. The van der Waals surface area contributed by atoms with E-state index in [0.717, 1.165) is 24.7 Å². The van der Waals surface area contributed by atoms with Crippen molar-refractivity contribution in [3.63, 3.8) is 0 Å². The zero-order chi connectivity index (χ0) is 11.1. The maximum Gasteiger partial charge on any atom is 0.0409 e. The van der Waals surface area contributed by atoms with Crippen LogP contribution in [0.3, 0.4) is 0 Å². The molecule has 3 heteroatoms. The van der Waals surface area contributed by atoms with Crippen molar-refractivity contribution < 1.29 is 0 Å². The predicted octanol–water partition coefficient (Wildman–Crippen LogP) is 2.38. The van der Waals surface area contributed by atoms with Crippen LogP contribution < -0.4 is 5.32 Å². The van der Waals surface area contributed by atoms with Gasteiger partial charge in [0.2, 0.25) is 0 Å². The second-order valence-corrected chi connectivity index (χ2v) is 4.26. The topological polar surface area (TPSA) is 15.3 Å². The molecule has 15 heavy (non-hydrogen) atoms. The summed E-state index contributed by atoms with van der Waals surface area (Å²) in [5, 5.41) is 3.96. The molecule has 0 amide bonds. The molecule has 0 aliphatic carbocycles. The summed E-state index contributed by atoms with van der Waals surface area (Å²) in [6.45, 7) is 3.14. The van der Waals surface area contributed by atoms with Crippen LogP contribution in [0.2, 0.25) is 5.02 Å². The van der Waals surface area contributed by atoms with Gasteiger partial charge in [0.15, 0.2) is 0 Å². The molecule has 0 saturated heterocycles. The number of nitrogens with zero attached hydrogens (tertiary/aromatic N) is 1. The van der Waals surface area contributed by atoms with Gasteiger partial charge in [0.25, 0.3) is 0 Å². The summed E-state index contributed by atoms with van der Waals surface area (Å²) >= 11 is 5.93. The van der Waals surface area contributed by atoms with Gasteiger partial charge in [0.05, 0.1) is 0 Å². The normalized spacial score (nSPS) is 10.9. The Morgan fingerprint density at radius 3 is 2.87 bits per heavy atom. The molecule has 0 unspecified atom stereocenters. The minimum absolute atomic E-state index is 0.816. The van der Waals surface area contributed by atoms with E-state index >= 15 is 0 Å². The highest BCUT2D eigenvalue weighted by Gasteiger charge is 2.00. The summed E-state index contributed by atoms with van der Waals surface area (Å²) in [7, 11) is 4.12. The second kappa shape index (κ2) is 6.83. The van der Waals surface area contributed by atoms with Gasteiger partial charge in [-0.2, -0.15) is 0 Å². The number of halogens is 1. The molecule has 0 bridgehead atoms. The third kappa shape index (κ3) is 5.17. The summed E-state index contributed by atoms with van der Waals surface area (Å²) in [5.41, 5.74) is 1.27. The molecule has 0 aliphatic heterocycles. The number of nitrogens with one attached hydrogen (secondary N) is 1. The van der Waals surface area contributed by atoms with Gasteiger partial charge in [-0.05, 0) is 51.3 Å². The highest BCUT2D eigenvalue weighted by atomic mass is 35.5. The Balaban J connectivity index is 2.34. The zero-order valence-corrected chi connectivity index (χ0v) is 10.2. The minimum atomic E-state index is 0.816. The van der Waals surface area contributed by atoms with E-state index in [1.165, 1.54) is 12.0 Å². The lowest BCUT2D eigenvalue weighted by Gasteiger charge is -2.16. The van der Waals surface area contributed by atoms with Crippen LogP contribution in [0.5, 0.6) is 0 Å². The standard InChI is InChI=1S/C12H19ClN2/c1-14-7-4-8-15(2)10-11-5-3-6-12(13)9-11/h3,5-6,9,14H,4,7-8,10H2,1-2H3.